The largest absolute Gasteiger partial charge is 0.379 e. The Labute approximate surface area is 120 Å². The van der Waals surface area contributed by atoms with Crippen molar-refractivity contribution in [3.05, 3.63) is 33.8 Å². The summed E-state index contributed by atoms with van der Waals surface area (Å²) in [6.45, 7) is 6.02. The summed E-state index contributed by atoms with van der Waals surface area (Å²) in [5.74, 6) is 0. The number of halogens is 2. The average Bonchev–Trinajstić information content (AvgIpc) is 2.31. The summed E-state index contributed by atoms with van der Waals surface area (Å²) < 4.78 is 5.36. The van der Waals surface area contributed by atoms with Crippen LogP contribution in [0, 0.1) is 0 Å². The van der Waals surface area contributed by atoms with E-state index in [0.717, 1.165) is 36.5 Å². The van der Waals surface area contributed by atoms with Gasteiger partial charge in [0.05, 0.1) is 5.60 Å². The summed E-state index contributed by atoms with van der Waals surface area (Å²) in [6.07, 6.45) is 1.89. The number of ether oxygens (including phenoxy) is 1. The Morgan fingerprint density at radius 1 is 1.22 bits per heavy atom. The van der Waals surface area contributed by atoms with Gasteiger partial charge in [-0.1, -0.05) is 29.3 Å². The predicted octanol–water partition coefficient (Wildman–Crippen LogP) is 3.94. The SMILES string of the molecule is COC(C)(C)CCNCCc1ccc(Cl)cc1Cl. The molecule has 2 nitrogen and oxygen atoms in total. The molecule has 1 aromatic rings. The Bertz CT molecular complexity index is 380. The Morgan fingerprint density at radius 3 is 2.56 bits per heavy atom. The van der Waals surface area contributed by atoms with E-state index in [1.807, 2.05) is 12.1 Å². The number of benzene rings is 1. The Kier molecular flexibility index (Phi) is 6.44. The average molecular weight is 290 g/mol. The van der Waals surface area contributed by atoms with Crippen molar-refractivity contribution >= 4 is 23.2 Å². The monoisotopic (exact) mass is 289 g/mol. The van der Waals surface area contributed by atoms with Crippen molar-refractivity contribution in [3.63, 3.8) is 0 Å². The quantitative estimate of drug-likeness (QED) is 0.768. The second-order valence-electron chi connectivity index (χ2n) is 4.95. The van der Waals surface area contributed by atoms with Crippen LogP contribution in [0.1, 0.15) is 25.8 Å². The first-order chi connectivity index (χ1) is 8.44. The molecule has 1 rings (SSSR count). The molecule has 0 aliphatic heterocycles. The highest BCUT2D eigenvalue weighted by atomic mass is 35.5. The normalized spacial score (nSPS) is 11.8. The van der Waals surface area contributed by atoms with Gasteiger partial charge in [-0.15, -0.1) is 0 Å². The van der Waals surface area contributed by atoms with Gasteiger partial charge in [-0.3, -0.25) is 0 Å². The molecular formula is C14H21Cl2NO. The maximum Gasteiger partial charge on any atom is 0.0634 e. The van der Waals surface area contributed by atoms with Gasteiger partial charge in [-0.25, -0.2) is 0 Å². The van der Waals surface area contributed by atoms with E-state index in [2.05, 4.69) is 19.2 Å². The van der Waals surface area contributed by atoms with E-state index in [4.69, 9.17) is 27.9 Å². The maximum absolute atomic E-state index is 6.11. The van der Waals surface area contributed by atoms with Gasteiger partial charge in [0.2, 0.25) is 0 Å². The fourth-order valence-corrected chi connectivity index (χ4v) is 2.07. The second kappa shape index (κ2) is 7.34. The summed E-state index contributed by atoms with van der Waals surface area (Å²) in [7, 11) is 1.74. The third-order valence-electron chi connectivity index (χ3n) is 3.04. The van der Waals surface area contributed by atoms with Crippen molar-refractivity contribution in [2.24, 2.45) is 0 Å². The van der Waals surface area contributed by atoms with Gasteiger partial charge in [0.15, 0.2) is 0 Å². The van der Waals surface area contributed by atoms with Crippen LogP contribution >= 0.6 is 23.2 Å². The molecule has 0 aliphatic rings. The molecule has 0 saturated carbocycles. The van der Waals surface area contributed by atoms with Crippen LogP contribution in [-0.2, 0) is 11.2 Å². The minimum atomic E-state index is -0.0646. The van der Waals surface area contributed by atoms with Crippen molar-refractivity contribution in [3.8, 4) is 0 Å². The number of hydrogen-bond acceptors (Lipinski definition) is 2. The number of rotatable bonds is 7. The highest BCUT2D eigenvalue weighted by Crippen LogP contribution is 2.21. The van der Waals surface area contributed by atoms with Crippen LogP contribution in [0.25, 0.3) is 0 Å². The standard InChI is InChI=1S/C14H21Cl2NO/c1-14(2,18-3)7-9-17-8-6-11-4-5-12(15)10-13(11)16/h4-5,10,17H,6-9H2,1-3H3. The van der Waals surface area contributed by atoms with Crippen LogP contribution in [0.5, 0.6) is 0 Å². The molecule has 0 aliphatic carbocycles. The predicted molar refractivity (Wildman–Crippen MR) is 78.7 cm³/mol. The highest BCUT2D eigenvalue weighted by Gasteiger charge is 2.14. The fraction of sp³-hybridized carbons (Fsp3) is 0.571. The third-order valence-corrected chi connectivity index (χ3v) is 3.63. The summed E-state index contributed by atoms with van der Waals surface area (Å²) in [4.78, 5) is 0. The lowest BCUT2D eigenvalue weighted by Crippen LogP contribution is -2.29. The fourth-order valence-electron chi connectivity index (χ4n) is 1.56. The smallest absolute Gasteiger partial charge is 0.0634 e. The molecule has 1 aromatic carbocycles. The van der Waals surface area contributed by atoms with Gasteiger partial charge in [-0.05, 0) is 57.5 Å². The molecule has 4 heteroatoms. The van der Waals surface area contributed by atoms with Gasteiger partial charge in [-0.2, -0.15) is 0 Å². The first-order valence-corrected chi connectivity index (χ1v) is 6.90. The van der Waals surface area contributed by atoms with Crippen LogP contribution in [0.15, 0.2) is 18.2 Å². The Morgan fingerprint density at radius 2 is 1.94 bits per heavy atom. The lowest BCUT2D eigenvalue weighted by molar-refractivity contribution is 0.0159. The molecule has 0 aromatic heterocycles. The molecule has 1 N–H and O–H groups in total. The second-order valence-corrected chi connectivity index (χ2v) is 5.79. The van der Waals surface area contributed by atoms with Crippen LogP contribution in [0.4, 0.5) is 0 Å². The van der Waals surface area contributed by atoms with Gasteiger partial charge in [0.1, 0.15) is 0 Å². The molecule has 0 spiro atoms. The Balaban J connectivity index is 2.26. The van der Waals surface area contributed by atoms with Crippen LogP contribution in [0.2, 0.25) is 10.0 Å². The van der Waals surface area contributed by atoms with Gasteiger partial charge in [0.25, 0.3) is 0 Å². The lowest BCUT2D eigenvalue weighted by Gasteiger charge is -2.22. The zero-order valence-corrected chi connectivity index (χ0v) is 12.7. The summed E-state index contributed by atoms with van der Waals surface area (Å²) in [6, 6.07) is 5.63. The molecule has 18 heavy (non-hydrogen) atoms. The Hall–Kier alpha value is -0.280. The minimum absolute atomic E-state index is 0.0646. The topological polar surface area (TPSA) is 21.3 Å². The molecule has 0 heterocycles. The van der Waals surface area contributed by atoms with Crippen molar-refractivity contribution in [1.82, 2.24) is 5.32 Å². The van der Waals surface area contributed by atoms with E-state index in [1.165, 1.54) is 0 Å². The van der Waals surface area contributed by atoms with E-state index >= 15 is 0 Å². The van der Waals surface area contributed by atoms with E-state index < -0.39 is 0 Å². The molecule has 0 bridgehead atoms. The van der Waals surface area contributed by atoms with Gasteiger partial charge >= 0.3 is 0 Å². The molecule has 0 fully saturated rings. The summed E-state index contributed by atoms with van der Waals surface area (Å²) in [5.41, 5.74) is 1.06. The molecule has 0 atom stereocenters. The highest BCUT2D eigenvalue weighted by molar-refractivity contribution is 6.35. The summed E-state index contributed by atoms with van der Waals surface area (Å²) in [5, 5.41) is 4.81. The van der Waals surface area contributed by atoms with Crippen molar-refractivity contribution in [1.29, 1.82) is 0 Å². The molecule has 0 saturated heterocycles. The number of hydrogen-bond donors (Lipinski definition) is 1. The maximum atomic E-state index is 6.11. The zero-order chi connectivity index (χ0) is 13.6. The first-order valence-electron chi connectivity index (χ1n) is 6.14. The lowest BCUT2D eigenvalue weighted by atomic mass is 10.1. The summed E-state index contributed by atoms with van der Waals surface area (Å²) >= 11 is 12.0. The van der Waals surface area contributed by atoms with Crippen molar-refractivity contribution in [2.75, 3.05) is 20.2 Å². The molecule has 0 unspecified atom stereocenters. The van der Waals surface area contributed by atoms with E-state index in [-0.39, 0.29) is 5.60 Å². The first kappa shape index (κ1) is 15.8. The number of methoxy groups -OCH3 is 1. The van der Waals surface area contributed by atoms with Crippen molar-refractivity contribution in [2.45, 2.75) is 32.3 Å². The number of nitrogens with one attached hydrogen (secondary N) is 1. The molecule has 102 valence electrons. The van der Waals surface area contributed by atoms with Crippen LogP contribution in [0.3, 0.4) is 0 Å². The third kappa shape index (κ3) is 5.57. The zero-order valence-electron chi connectivity index (χ0n) is 11.2. The van der Waals surface area contributed by atoms with Gasteiger partial charge in [0, 0.05) is 17.2 Å². The van der Waals surface area contributed by atoms with E-state index in [9.17, 15) is 0 Å². The van der Waals surface area contributed by atoms with E-state index in [1.54, 1.807) is 13.2 Å². The van der Waals surface area contributed by atoms with Crippen LogP contribution < -0.4 is 5.32 Å². The molecule has 0 radical (unpaired) electrons. The van der Waals surface area contributed by atoms with Crippen molar-refractivity contribution < 1.29 is 4.74 Å². The van der Waals surface area contributed by atoms with Gasteiger partial charge < -0.3 is 10.1 Å². The molecular weight excluding hydrogens is 269 g/mol. The molecule has 0 amide bonds. The van der Waals surface area contributed by atoms with E-state index in [0.29, 0.717) is 5.02 Å². The van der Waals surface area contributed by atoms with Crippen LogP contribution in [-0.4, -0.2) is 25.8 Å². The minimum Gasteiger partial charge on any atom is -0.379 e.